The second-order valence-electron chi connectivity index (χ2n) is 5.91. The SMILES string of the molecule is N/C1=C2\COCC\C2=C(/c2ccc(OC(F)(F)F)cc2O)CCCN1. The predicted octanol–water partition coefficient (Wildman–Crippen LogP) is 3.02. The second kappa shape index (κ2) is 6.87. The van der Waals surface area contributed by atoms with Gasteiger partial charge < -0.3 is 25.6 Å². The van der Waals surface area contributed by atoms with E-state index in [0.717, 1.165) is 29.2 Å². The summed E-state index contributed by atoms with van der Waals surface area (Å²) < 4.78 is 46.3. The van der Waals surface area contributed by atoms with Crippen molar-refractivity contribution in [2.45, 2.75) is 25.6 Å². The van der Waals surface area contributed by atoms with Gasteiger partial charge in [-0.3, -0.25) is 0 Å². The number of phenols is 1. The molecule has 0 amide bonds. The molecule has 5 nitrogen and oxygen atoms in total. The van der Waals surface area contributed by atoms with E-state index in [9.17, 15) is 18.3 Å². The van der Waals surface area contributed by atoms with Crippen molar-refractivity contribution in [3.8, 4) is 11.5 Å². The highest BCUT2D eigenvalue weighted by Crippen LogP contribution is 2.39. The molecule has 0 unspecified atom stereocenters. The number of nitrogens with one attached hydrogen (secondary N) is 1. The van der Waals surface area contributed by atoms with E-state index in [1.54, 1.807) is 0 Å². The van der Waals surface area contributed by atoms with Crippen LogP contribution in [0.5, 0.6) is 11.5 Å². The summed E-state index contributed by atoms with van der Waals surface area (Å²) in [6.45, 7) is 1.57. The maximum Gasteiger partial charge on any atom is 0.573 e. The molecule has 2 aliphatic heterocycles. The fraction of sp³-hybridized carbons (Fsp3) is 0.412. The van der Waals surface area contributed by atoms with Crippen LogP contribution in [0.4, 0.5) is 13.2 Å². The van der Waals surface area contributed by atoms with Gasteiger partial charge in [0.1, 0.15) is 17.3 Å². The maximum absolute atomic E-state index is 12.3. The summed E-state index contributed by atoms with van der Waals surface area (Å²) in [7, 11) is 0. The topological polar surface area (TPSA) is 76.7 Å². The Hall–Kier alpha value is -2.35. The smallest absolute Gasteiger partial charge is 0.507 e. The van der Waals surface area contributed by atoms with Crippen LogP contribution in [-0.2, 0) is 4.74 Å². The van der Waals surface area contributed by atoms with Gasteiger partial charge in [-0.1, -0.05) is 0 Å². The van der Waals surface area contributed by atoms with Crippen LogP contribution in [0.15, 0.2) is 35.2 Å². The van der Waals surface area contributed by atoms with Gasteiger partial charge in [0.15, 0.2) is 0 Å². The lowest BCUT2D eigenvalue weighted by Crippen LogP contribution is -2.29. The van der Waals surface area contributed by atoms with Gasteiger partial charge in [-0.25, -0.2) is 0 Å². The number of halogens is 3. The summed E-state index contributed by atoms with van der Waals surface area (Å²) >= 11 is 0. The first-order valence-electron chi connectivity index (χ1n) is 7.97. The molecule has 25 heavy (non-hydrogen) atoms. The standard InChI is InChI=1S/C17H19F3N2O3/c18-17(19,20)25-10-3-4-13(15(23)8-10)11-2-1-6-22-16(21)14-9-24-7-5-12(11)14/h3-4,8,22-23H,1-2,5-7,9,21H2/b12-11+,16-14-. The van der Waals surface area contributed by atoms with Gasteiger partial charge in [0.05, 0.1) is 13.2 Å². The zero-order chi connectivity index (χ0) is 18.0. The Balaban J connectivity index is 2.03. The van der Waals surface area contributed by atoms with Crippen molar-refractivity contribution in [3.63, 3.8) is 0 Å². The van der Waals surface area contributed by atoms with Crippen molar-refractivity contribution in [3.05, 3.63) is 40.7 Å². The number of aromatic hydroxyl groups is 1. The van der Waals surface area contributed by atoms with E-state index in [1.807, 2.05) is 0 Å². The Bertz CT molecular complexity index is 726. The van der Waals surface area contributed by atoms with Gasteiger partial charge in [-0.2, -0.15) is 0 Å². The van der Waals surface area contributed by atoms with Gasteiger partial charge in [0, 0.05) is 23.7 Å². The van der Waals surface area contributed by atoms with Crippen molar-refractivity contribution < 1.29 is 27.8 Å². The zero-order valence-corrected chi connectivity index (χ0v) is 13.4. The first-order chi connectivity index (χ1) is 11.8. The minimum atomic E-state index is -4.80. The van der Waals surface area contributed by atoms with E-state index in [1.165, 1.54) is 12.1 Å². The minimum Gasteiger partial charge on any atom is -0.507 e. The van der Waals surface area contributed by atoms with E-state index >= 15 is 0 Å². The number of phenolic OH excluding ortho intramolecular Hbond substituents is 1. The van der Waals surface area contributed by atoms with Crippen LogP contribution in [0.1, 0.15) is 24.8 Å². The minimum absolute atomic E-state index is 0.248. The number of allylic oxidation sites excluding steroid dienone is 1. The first kappa shape index (κ1) is 17.5. The van der Waals surface area contributed by atoms with Gasteiger partial charge in [0.25, 0.3) is 0 Å². The Morgan fingerprint density at radius 2 is 1.96 bits per heavy atom. The van der Waals surface area contributed by atoms with E-state index < -0.39 is 12.1 Å². The van der Waals surface area contributed by atoms with Crippen LogP contribution in [0.3, 0.4) is 0 Å². The Morgan fingerprint density at radius 1 is 1.16 bits per heavy atom. The third-order valence-electron chi connectivity index (χ3n) is 4.24. The number of hydrogen-bond acceptors (Lipinski definition) is 5. The quantitative estimate of drug-likeness (QED) is 0.759. The van der Waals surface area contributed by atoms with Gasteiger partial charge in [-0.15, -0.1) is 13.2 Å². The van der Waals surface area contributed by atoms with Crippen LogP contribution in [-0.4, -0.2) is 31.2 Å². The Labute approximate surface area is 142 Å². The van der Waals surface area contributed by atoms with Crippen molar-refractivity contribution >= 4 is 5.57 Å². The number of fused-ring (bicyclic) bond motifs is 1. The molecule has 0 aliphatic carbocycles. The molecule has 1 fully saturated rings. The van der Waals surface area contributed by atoms with E-state index in [0.29, 0.717) is 44.0 Å². The summed E-state index contributed by atoms with van der Waals surface area (Å²) in [6, 6.07) is 3.65. The fourth-order valence-electron chi connectivity index (χ4n) is 3.17. The number of hydrogen-bond donors (Lipinski definition) is 3. The molecule has 2 heterocycles. The molecule has 0 saturated carbocycles. The lowest BCUT2D eigenvalue weighted by molar-refractivity contribution is -0.274. The normalized spacial score (nSPS) is 24.8. The average Bonchev–Trinajstić information content (AvgIpc) is 2.53. The van der Waals surface area contributed by atoms with Crippen LogP contribution < -0.4 is 15.8 Å². The van der Waals surface area contributed by atoms with Gasteiger partial charge in [-0.05, 0) is 42.5 Å². The van der Waals surface area contributed by atoms with Gasteiger partial charge >= 0.3 is 6.36 Å². The second-order valence-corrected chi connectivity index (χ2v) is 5.91. The summed E-state index contributed by atoms with van der Waals surface area (Å²) in [5.41, 5.74) is 9.29. The number of alkyl halides is 3. The molecule has 0 atom stereocenters. The lowest BCUT2D eigenvalue weighted by atomic mass is 9.87. The average molecular weight is 356 g/mol. The molecule has 4 N–H and O–H groups in total. The third-order valence-corrected chi connectivity index (χ3v) is 4.24. The molecule has 1 saturated heterocycles. The summed E-state index contributed by atoms with van der Waals surface area (Å²) in [6.07, 6.45) is -2.71. The number of rotatable bonds is 2. The zero-order valence-electron chi connectivity index (χ0n) is 13.4. The van der Waals surface area contributed by atoms with Gasteiger partial charge in [0.2, 0.25) is 0 Å². The monoisotopic (exact) mass is 356 g/mol. The molecular formula is C17H19F3N2O3. The predicted molar refractivity (Wildman–Crippen MR) is 85.6 cm³/mol. The van der Waals surface area contributed by atoms with E-state index in [4.69, 9.17) is 10.5 Å². The van der Waals surface area contributed by atoms with Crippen LogP contribution in [0.25, 0.3) is 5.57 Å². The third kappa shape index (κ3) is 4.01. The first-order valence-corrected chi connectivity index (χ1v) is 7.97. The number of benzene rings is 1. The molecule has 2 aliphatic rings. The van der Waals surface area contributed by atoms with Crippen LogP contribution in [0.2, 0.25) is 0 Å². The van der Waals surface area contributed by atoms with E-state index in [-0.39, 0.29) is 5.75 Å². The number of nitrogens with two attached hydrogens (primary N) is 1. The molecule has 0 radical (unpaired) electrons. The highest BCUT2D eigenvalue weighted by molar-refractivity contribution is 5.77. The van der Waals surface area contributed by atoms with Crippen molar-refractivity contribution in [1.29, 1.82) is 0 Å². The van der Waals surface area contributed by atoms with Crippen LogP contribution in [0, 0.1) is 0 Å². The molecule has 8 heteroatoms. The summed E-state index contributed by atoms with van der Waals surface area (Å²) in [4.78, 5) is 0. The lowest BCUT2D eigenvalue weighted by Gasteiger charge is -2.27. The molecule has 3 rings (SSSR count). The number of ether oxygens (including phenoxy) is 2. The molecule has 1 aromatic rings. The molecular weight excluding hydrogens is 337 g/mol. The maximum atomic E-state index is 12.3. The molecule has 0 spiro atoms. The van der Waals surface area contributed by atoms with Crippen molar-refractivity contribution in [2.24, 2.45) is 5.73 Å². The summed E-state index contributed by atoms with van der Waals surface area (Å²) in [5, 5.41) is 13.4. The van der Waals surface area contributed by atoms with E-state index in [2.05, 4.69) is 10.1 Å². The highest BCUT2D eigenvalue weighted by atomic mass is 19.4. The molecule has 1 aromatic carbocycles. The fourth-order valence-corrected chi connectivity index (χ4v) is 3.17. The van der Waals surface area contributed by atoms with Crippen LogP contribution >= 0.6 is 0 Å². The Morgan fingerprint density at radius 3 is 2.68 bits per heavy atom. The van der Waals surface area contributed by atoms with Crippen molar-refractivity contribution in [1.82, 2.24) is 5.32 Å². The molecule has 136 valence electrons. The molecule has 0 aromatic heterocycles. The van der Waals surface area contributed by atoms with Crippen molar-refractivity contribution in [2.75, 3.05) is 19.8 Å². The Kier molecular flexibility index (Phi) is 4.80. The summed E-state index contributed by atoms with van der Waals surface area (Å²) in [5.74, 6) is -0.153. The highest BCUT2D eigenvalue weighted by Gasteiger charge is 2.31. The molecule has 0 bridgehead atoms. The largest absolute Gasteiger partial charge is 0.573 e.